The zero-order valence-electron chi connectivity index (χ0n) is 6.18. The third-order valence-corrected chi connectivity index (χ3v) is 1.50. The maximum atomic E-state index is 11.9. The van der Waals surface area contributed by atoms with Gasteiger partial charge in [0.05, 0.1) is 0 Å². The molecule has 12 heavy (non-hydrogen) atoms. The van der Waals surface area contributed by atoms with Crippen LogP contribution in [0, 0.1) is 5.92 Å². The normalized spacial score (nSPS) is 14.1. The first-order chi connectivity index (χ1) is 5.25. The number of halogens is 3. The van der Waals surface area contributed by atoms with Crippen LogP contribution in [-0.4, -0.2) is 17.1 Å². The molecule has 0 aromatic carbocycles. The van der Waals surface area contributed by atoms with Crippen molar-refractivity contribution in [2.45, 2.75) is 19.5 Å². The Morgan fingerprint density at radius 2 is 1.83 bits per heavy atom. The average Bonchev–Trinajstić information content (AvgIpc) is 1.79. The van der Waals surface area contributed by atoms with Crippen molar-refractivity contribution in [1.82, 2.24) is 0 Å². The molecule has 0 amide bonds. The van der Waals surface area contributed by atoms with Crippen molar-refractivity contribution in [3.63, 3.8) is 0 Å². The maximum absolute atomic E-state index is 11.9. The molecule has 0 aliphatic heterocycles. The molecule has 0 saturated heterocycles. The Hall–Kier alpha value is -0.520. The van der Waals surface area contributed by atoms with Crippen LogP contribution in [0.3, 0.4) is 0 Å². The van der Waals surface area contributed by atoms with Crippen LogP contribution in [0.25, 0.3) is 0 Å². The minimum Gasteiger partial charge on any atom is -0.300 e. The highest BCUT2D eigenvalue weighted by Gasteiger charge is 2.43. The smallest absolute Gasteiger partial charge is 0.300 e. The van der Waals surface area contributed by atoms with Gasteiger partial charge in [0.15, 0.2) is 5.12 Å². The van der Waals surface area contributed by atoms with Gasteiger partial charge in [-0.25, -0.2) is 0 Å². The van der Waals surface area contributed by atoms with Gasteiger partial charge in [0.1, 0.15) is 11.7 Å². The Bertz CT molecular complexity index is 199. The van der Waals surface area contributed by atoms with Crippen LogP contribution in [0.1, 0.15) is 13.3 Å². The summed E-state index contributed by atoms with van der Waals surface area (Å²) in [4.78, 5) is 20.6. The van der Waals surface area contributed by atoms with Crippen LogP contribution < -0.4 is 0 Å². The monoisotopic (exact) mass is 200 g/mol. The maximum Gasteiger partial charge on any atom is 0.399 e. The fourth-order valence-electron chi connectivity index (χ4n) is 0.631. The van der Waals surface area contributed by atoms with Crippen molar-refractivity contribution in [2.24, 2.45) is 5.92 Å². The molecule has 0 aromatic rings. The standard InChI is InChI=1S/C6H7F3O2S/c1-3(10)2-4(5(11)12)6(7,8)9/h4H,2H2,1H3,(H,11,12)/t4-/m1/s1. The SMILES string of the molecule is CC(=O)C[C@H](C(=O)S)C(F)(F)F. The van der Waals surface area contributed by atoms with E-state index in [9.17, 15) is 22.8 Å². The zero-order chi connectivity index (χ0) is 9.94. The molecule has 6 heteroatoms. The first-order valence-electron chi connectivity index (χ1n) is 3.04. The van der Waals surface area contributed by atoms with Crippen molar-refractivity contribution >= 4 is 23.5 Å². The summed E-state index contributed by atoms with van der Waals surface area (Å²) < 4.78 is 35.7. The summed E-state index contributed by atoms with van der Waals surface area (Å²) in [5.74, 6) is -2.95. The lowest BCUT2D eigenvalue weighted by atomic mass is 10.0. The highest BCUT2D eigenvalue weighted by atomic mass is 32.1. The fraction of sp³-hybridized carbons (Fsp3) is 0.667. The van der Waals surface area contributed by atoms with Crippen LogP contribution in [-0.2, 0) is 9.59 Å². The predicted octanol–water partition coefficient (Wildman–Crippen LogP) is 1.60. The van der Waals surface area contributed by atoms with E-state index < -0.39 is 29.4 Å². The van der Waals surface area contributed by atoms with E-state index in [1.807, 2.05) is 0 Å². The molecule has 0 bridgehead atoms. The summed E-state index contributed by atoms with van der Waals surface area (Å²) in [6.07, 6.45) is -5.50. The molecule has 0 fully saturated rings. The molecule has 0 aromatic heterocycles. The average molecular weight is 200 g/mol. The van der Waals surface area contributed by atoms with Crippen LogP contribution in [0.5, 0.6) is 0 Å². The Balaban J connectivity index is 4.46. The van der Waals surface area contributed by atoms with Crippen molar-refractivity contribution in [1.29, 1.82) is 0 Å². The summed E-state index contributed by atoms with van der Waals surface area (Å²) in [6, 6.07) is 0. The predicted molar refractivity (Wildman–Crippen MR) is 38.8 cm³/mol. The van der Waals surface area contributed by atoms with Crippen molar-refractivity contribution in [3.8, 4) is 0 Å². The minimum absolute atomic E-state index is 0.681. The molecule has 1 atom stereocenters. The largest absolute Gasteiger partial charge is 0.399 e. The molecule has 0 N–H and O–H groups in total. The number of carbonyl (C=O) groups excluding carboxylic acids is 2. The van der Waals surface area contributed by atoms with E-state index in [2.05, 4.69) is 12.6 Å². The molecule has 0 heterocycles. The Morgan fingerprint density at radius 1 is 1.42 bits per heavy atom. The van der Waals surface area contributed by atoms with Crippen LogP contribution in [0.15, 0.2) is 0 Å². The number of hydrogen-bond donors (Lipinski definition) is 1. The second-order valence-corrected chi connectivity index (χ2v) is 2.78. The topological polar surface area (TPSA) is 34.1 Å². The van der Waals surface area contributed by atoms with Crippen molar-refractivity contribution < 1.29 is 22.8 Å². The number of thiol groups is 1. The molecule has 0 unspecified atom stereocenters. The van der Waals surface area contributed by atoms with Crippen LogP contribution >= 0.6 is 12.6 Å². The minimum atomic E-state index is -4.68. The van der Waals surface area contributed by atoms with Crippen molar-refractivity contribution in [2.75, 3.05) is 0 Å². The number of ketones is 1. The van der Waals surface area contributed by atoms with Crippen LogP contribution in [0.4, 0.5) is 13.2 Å². The van der Waals surface area contributed by atoms with Gasteiger partial charge in [0.2, 0.25) is 0 Å². The molecular weight excluding hydrogens is 193 g/mol. The number of hydrogen-bond acceptors (Lipinski definition) is 2. The Morgan fingerprint density at radius 3 is 1.92 bits per heavy atom. The number of carbonyl (C=O) groups is 2. The number of alkyl halides is 3. The molecule has 0 saturated carbocycles. The summed E-state index contributed by atoms with van der Waals surface area (Å²) >= 11 is 3.05. The first-order valence-corrected chi connectivity index (χ1v) is 3.49. The molecule has 0 aliphatic carbocycles. The summed E-state index contributed by atoms with van der Waals surface area (Å²) in [5, 5.41) is -1.32. The lowest BCUT2D eigenvalue weighted by Crippen LogP contribution is -2.29. The summed E-state index contributed by atoms with van der Waals surface area (Å²) in [7, 11) is 0. The molecule has 0 spiro atoms. The third kappa shape index (κ3) is 3.75. The molecular formula is C6H7F3O2S. The quantitative estimate of drug-likeness (QED) is 0.702. The van der Waals surface area contributed by atoms with Gasteiger partial charge >= 0.3 is 6.18 Å². The summed E-state index contributed by atoms with van der Waals surface area (Å²) in [6.45, 7) is 0.995. The van der Waals surface area contributed by atoms with E-state index >= 15 is 0 Å². The van der Waals surface area contributed by atoms with E-state index in [-0.39, 0.29) is 0 Å². The highest BCUT2D eigenvalue weighted by molar-refractivity contribution is 7.96. The fourth-order valence-corrected chi connectivity index (χ4v) is 0.868. The van der Waals surface area contributed by atoms with Crippen molar-refractivity contribution in [3.05, 3.63) is 0 Å². The van der Waals surface area contributed by atoms with E-state index in [0.29, 0.717) is 0 Å². The highest BCUT2D eigenvalue weighted by Crippen LogP contribution is 2.30. The second kappa shape index (κ2) is 3.93. The van der Waals surface area contributed by atoms with Gasteiger partial charge in [0, 0.05) is 6.42 Å². The molecule has 0 rings (SSSR count). The molecule has 0 radical (unpaired) electrons. The molecule has 2 nitrogen and oxygen atoms in total. The van der Waals surface area contributed by atoms with Gasteiger partial charge in [-0.3, -0.25) is 9.59 Å². The zero-order valence-corrected chi connectivity index (χ0v) is 7.08. The number of rotatable bonds is 3. The second-order valence-electron chi connectivity index (χ2n) is 2.34. The number of Topliss-reactive ketones (excluding diaryl/α,β-unsaturated/α-hetero) is 1. The lowest BCUT2D eigenvalue weighted by molar-refractivity contribution is -0.179. The molecule has 70 valence electrons. The van der Waals surface area contributed by atoms with Gasteiger partial charge < -0.3 is 0 Å². The van der Waals surface area contributed by atoms with Gasteiger partial charge in [-0.2, -0.15) is 13.2 Å². The van der Waals surface area contributed by atoms with Gasteiger partial charge in [-0.15, -0.1) is 12.6 Å². The summed E-state index contributed by atoms with van der Waals surface area (Å²) in [5.41, 5.74) is 0. The van der Waals surface area contributed by atoms with E-state index in [1.165, 1.54) is 0 Å². The Labute approximate surface area is 72.5 Å². The third-order valence-electron chi connectivity index (χ3n) is 1.18. The lowest BCUT2D eigenvalue weighted by Gasteiger charge is -2.14. The van der Waals surface area contributed by atoms with E-state index in [1.54, 1.807) is 0 Å². The van der Waals surface area contributed by atoms with Crippen LogP contribution in [0.2, 0.25) is 0 Å². The molecule has 0 aliphatic rings. The van der Waals surface area contributed by atoms with Gasteiger partial charge in [-0.05, 0) is 6.92 Å². The van der Waals surface area contributed by atoms with E-state index in [4.69, 9.17) is 0 Å². The van der Waals surface area contributed by atoms with E-state index in [0.717, 1.165) is 6.92 Å². The first kappa shape index (κ1) is 11.5. The van der Waals surface area contributed by atoms with Gasteiger partial charge in [-0.1, -0.05) is 0 Å². The van der Waals surface area contributed by atoms with Gasteiger partial charge in [0.25, 0.3) is 0 Å². The Kier molecular flexibility index (Phi) is 3.76.